The summed E-state index contributed by atoms with van der Waals surface area (Å²) in [5.41, 5.74) is 0.823. The highest BCUT2D eigenvalue weighted by Gasteiger charge is 2.40. The van der Waals surface area contributed by atoms with E-state index in [1.807, 2.05) is 0 Å². The number of hydrogen-bond donors (Lipinski definition) is 0. The minimum atomic E-state index is -2.54. The van der Waals surface area contributed by atoms with Crippen LogP contribution in [0.3, 0.4) is 0 Å². The SMILES string of the molecule is COc1ccc(OC)c(C2CCC(F)(F)C2)c1. The number of benzene rings is 1. The molecule has 0 spiro atoms. The average molecular weight is 242 g/mol. The Bertz CT molecular complexity index is 404. The van der Waals surface area contributed by atoms with Gasteiger partial charge in [-0.15, -0.1) is 0 Å². The maximum Gasteiger partial charge on any atom is 0.248 e. The van der Waals surface area contributed by atoms with E-state index in [2.05, 4.69) is 0 Å². The molecule has 1 unspecified atom stereocenters. The molecule has 1 saturated carbocycles. The Morgan fingerprint density at radius 2 is 2.00 bits per heavy atom. The van der Waals surface area contributed by atoms with E-state index < -0.39 is 5.92 Å². The molecule has 1 aliphatic carbocycles. The molecule has 17 heavy (non-hydrogen) atoms. The molecule has 2 nitrogen and oxygen atoms in total. The second kappa shape index (κ2) is 4.51. The zero-order valence-corrected chi connectivity index (χ0v) is 10.0. The van der Waals surface area contributed by atoms with Crippen LogP contribution in [0.5, 0.6) is 11.5 Å². The molecule has 0 bridgehead atoms. The molecule has 0 aliphatic heterocycles. The summed E-state index contributed by atoms with van der Waals surface area (Å²) in [6, 6.07) is 5.34. The molecule has 1 aliphatic rings. The number of alkyl halides is 2. The van der Waals surface area contributed by atoms with E-state index in [-0.39, 0.29) is 18.8 Å². The molecular formula is C13H16F2O2. The van der Waals surface area contributed by atoms with Gasteiger partial charge >= 0.3 is 0 Å². The maximum absolute atomic E-state index is 13.2. The highest BCUT2D eigenvalue weighted by atomic mass is 19.3. The highest BCUT2D eigenvalue weighted by Crippen LogP contribution is 2.47. The fraction of sp³-hybridized carbons (Fsp3) is 0.538. The third-order valence-corrected chi connectivity index (χ3v) is 3.28. The van der Waals surface area contributed by atoms with Gasteiger partial charge < -0.3 is 9.47 Å². The molecule has 2 rings (SSSR count). The van der Waals surface area contributed by atoms with Crippen molar-refractivity contribution in [2.75, 3.05) is 14.2 Å². The molecule has 0 N–H and O–H groups in total. The van der Waals surface area contributed by atoms with Crippen LogP contribution in [0.2, 0.25) is 0 Å². The number of ether oxygens (including phenoxy) is 2. The Morgan fingerprint density at radius 1 is 1.24 bits per heavy atom. The van der Waals surface area contributed by atoms with Crippen molar-refractivity contribution in [3.63, 3.8) is 0 Å². The second-order valence-electron chi connectivity index (χ2n) is 4.40. The molecule has 1 fully saturated rings. The summed E-state index contributed by atoms with van der Waals surface area (Å²) >= 11 is 0. The molecule has 1 aromatic carbocycles. The van der Waals surface area contributed by atoms with Gasteiger partial charge in [-0.2, -0.15) is 0 Å². The summed E-state index contributed by atoms with van der Waals surface area (Å²) in [4.78, 5) is 0. The predicted molar refractivity (Wildman–Crippen MR) is 61.1 cm³/mol. The first kappa shape index (κ1) is 12.1. The number of methoxy groups -OCH3 is 2. The second-order valence-corrected chi connectivity index (χ2v) is 4.40. The van der Waals surface area contributed by atoms with Gasteiger partial charge in [0.15, 0.2) is 0 Å². The van der Waals surface area contributed by atoms with Gasteiger partial charge in [0, 0.05) is 18.4 Å². The molecule has 0 amide bonds. The van der Waals surface area contributed by atoms with E-state index in [0.717, 1.165) is 5.56 Å². The monoisotopic (exact) mass is 242 g/mol. The van der Waals surface area contributed by atoms with Crippen LogP contribution in [0, 0.1) is 0 Å². The first-order valence-electron chi connectivity index (χ1n) is 5.65. The summed E-state index contributed by atoms with van der Waals surface area (Å²) in [5.74, 6) is -1.35. The van der Waals surface area contributed by atoms with Crippen LogP contribution >= 0.6 is 0 Å². The van der Waals surface area contributed by atoms with Gasteiger partial charge in [-0.25, -0.2) is 8.78 Å². The lowest BCUT2D eigenvalue weighted by atomic mass is 9.96. The summed E-state index contributed by atoms with van der Waals surface area (Å²) in [7, 11) is 3.12. The van der Waals surface area contributed by atoms with Gasteiger partial charge in [-0.05, 0) is 30.5 Å². The summed E-state index contributed by atoms with van der Waals surface area (Å²) in [6.45, 7) is 0. The normalized spacial score (nSPS) is 22.5. The van der Waals surface area contributed by atoms with Crippen molar-refractivity contribution >= 4 is 0 Å². The van der Waals surface area contributed by atoms with Gasteiger partial charge in [0.2, 0.25) is 5.92 Å². The lowest BCUT2D eigenvalue weighted by Crippen LogP contribution is -2.09. The van der Waals surface area contributed by atoms with E-state index in [9.17, 15) is 8.78 Å². The smallest absolute Gasteiger partial charge is 0.248 e. The van der Waals surface area contributed by atoms with Crippen molar-refractivity contribution in [3.8, 4) is 11.5 Å². The van der Waals surface area contributed by atoms with Crippen molar-refractivity contribution in [1.82, 2.24) is 0 Å². The fourth-order valence-electron chi connectivity index (χ4n) is 2.37. The van der Waals surface area contributed by atoms with E-state index in [4.69, 9.17) is 9.47 Å². The zero-order valence-electron chi connectivity index (χ0n) is 10.0. The standard InChI is InChI=1S/C13H16F2O2/c1-16-10-3-4-12(17-2)11(7-10)9-5-6-13(14,15)8-9/h3-4,7,9H,5-6,8H2,1-2H3. The quantitative estimate of drug-likeness (QED) is 0.806. The predicted octanol–water partition coefficient (Wildman–Crippen LogP) is 3.61. The first-order chi connectivity index (χ1) is 8.05. The van der Waals surface area contributed by atoms with Gasteiger partial charge in [0.1, 0.15) is 11.5 Å². The maximum atomic E-state index is 13.2. The van der Waals surface area contributed by atoms with Crippen LogP contribution in [0.4, 0.5) is 8.78 Å². The van der Waals surface area contributed by atoms with Crippen LogP contribution in [0.25, 0.3) is 0 Å². The Morgan fingerprint density at radius 3 is 2.53 bits per heavy atom. The first-order valence-corrected chi connectivity index (χ1v) is 5.65. The molecule has 0 saturated heterocycles. The topological polar surface area (TPSA) is 18.5 Å². The summed E-state index contributed by atoms with van der Waals surface area (Å²) < 4.78 is 36.8. The highest BCUT2D eigenvalue weighted by molar-refractivity contribution is 5.43. The van der Waals surface area contributed by atoms with Gasteiger partial charge in [0.25, 0.3) is 0 Å². The molecule has 1 aromatic rings. The number of hydrogen-bond acceptors (Lipinski definition) is 2. The molecule has 0 radical (unpaired) electrons. The number of halogens is 2. The number of rotatable bonds is 3. The molecule has 94 valence electrons. The van der Waals surface area contributed by atoms with Gasteiger partial charge in [-0.1, -0.05) is 0 Å². The third kappa shape index (κ3) is 2.51. The van der Waals surface area contributed by atoms with Crippen molar-refractivity contribution in [2.24, 2.45) is 0 Å². The largest absolute Gasteiger partial charge is 0.497 e. The van der Waals surface area contributed by atoms with E-state index >= 15 is 0 Å². The third-order valence-electron chi connectivity index (χ3n) is 3.28. The van der Waals surface area contributed by atoms with Crippen LogP contribution < -0.4 is 9.47 Å². The van der Waals surface area contributed by atoms with Crippen molar-refractivity contribution in [3.05, 3.63) is 23.8 Å². The van der Waals surface area contributed by atoms with Crippen LogP contribution in [-0.2, 0) is 0 Å². The molecule has 0 heterocycles. The Kier molecular flexibility index (Phi) is 3.22. The van der Waals surface area contributed by atoms with Crippen molar-refractivity contribution in [1.29, 1.82) is 0 Å². The zero-order chi connectivity index (χ0) is 12.5. The van der Waals surface area contributed by atoms with Crippen molar-refractivity contribution in [2.45, 2.75) is 31.1 Å². The lowest BCUT2D eigenvalue weighted by molar-refractivity contribution is 0.00772. The Labute approximate surface area is 99.5 Å². The lowest BCUT2D eigenvalue weighted by Gasteiger charge is -2.16. The molecule has 1 atom stereocenters. The van der Waals surface area contributed by atoms with Crippen LogP contribution in [-0.4, -0.2) is 20.1 Å². The average Bonchev–Trinajstić information content (AvgIpc) is 2.68. The van der Waals surface area contributed by atoms with E-state index in [1.54, 1.807) is 32.4 Å². The van der Waals surface area contributed by atoms with E-state index in [0.29, 0.717) is 17.9 Å². The minimum Gasteiger partial charge on any atom is -0.497 e. The molecular weight excluding hydrogens is 226 g/mol. The Hall–Kier alpha value is -1.32. The van der Waals surface area contributed by atoms with Gasteiger partial charge in [0.05, 0.1) is 14.2 Å². The fourth-order valence-corrected chi connectivity index (χ4v) is 2.37. The molecule has 0 aromatic heterocycles. The van der Waals surface area contributed by atoms with Crippen LogP contribution in [0.15, 0.2) is 18.2 Å². The molecule has 4 heteroatoms. The van der Waals surface area contributed by atoms with Crippen molar-refractivity contribution < 1.29 is 18.3 Å². The van der Waals surface area contributed by atoms with E-state index in [1.165, 1.54) is 0 Å². The minimum absolute atomic E-state index is 0.0436. The Balaban J connectivity index is 2.30. The van der Waals surface area contributed by atoms with Crippen LogP contribution in [0.1, 0.15) is 30.7 Å². The summed E-state index contributed by atoms with van der Waals surface area (Å²) in [6.07, 6.45) is 0.352. The van der Waals surface area contributed by atoms with Gasteiger partial charge in [-0.3, -0.25) is 0 Å². The summed E-state index contributed by atoms with van der Waals surface area (Å²) in [5, 5.41) is 0.